The molecule has 1 aromatic carbocycles. The lowest BCUT2D eigenvalue weighted by atomic mass is 10.2. The number of carbonyl (C=O) groups excluding carboxylic acids is 1. The summed E-state index contributed by atoms with van der Waals surface area (Å²) in [6.07, 6.45) is -0.361. The molecule has 0 amide bonds. The molecule has 1 fully saturated rings. The van der Waals surface area contributed by atoms with Gasteiger partial charge in [0.2, 0.25) is 0 Å². The number of hydrogen-bond donors (Lipinski definition) is 0. The van der Waals surface area contributed by atoms with Crippen molar-refractivity contribution in [1.82, 2.24) is 0 Å². The van der Waals surface area contributed by atoms with E-state index in [0.717, 1.165) is 0 Å². The summed E-state index contributed by atoms with van der Waals surface area (Å²) in [5.41, 5.74) is 0.701. The van der Waals surface area contributed by atoms with Crippen molar-refractivity contribution in [2.45, 2.75) is 37.1 Å². The monoisotopic (exact) mass is 328 g/mol. The first-order chi connectivity index (χ1) is 10.2. The van der Waals surface area contributed by atoms with Gasteiger partial charge in [-0.05, 0) is 31.5 Å². The molecular weight excluding hydrogens is 308 g/mol. The number of benzene rings is 1. The average molecular weight is 328 g/mol. The first-order valence-electron chi connectivity index (χ1n) is 6.92. The molecule has 0 aliphatic carbocycles. The smallest absolute Gasteiger partial charge is 0.309 e. The highest BCUT2D eigenvalue weighted by molar-refractivity contribution is 7.91. The molecular formula is C15H20O6S. The molecule has 0 radical (unpaired) electrons. The van der Waals surface area contributed by atoms with E-state index in [9.17, 15) is 13.2 Å². The Hall–Kier alpha value is -1.44. The first-order valence-corrected chi connectivity index (χ1v) is 8.57. The van der Waals surface area contributed by atoms with Gasteiger partial charge in [0.1, 0.15) is 0 Å². The number of methoxy groups -OCH3 is 1. The summed E-state index contributed by atoms with van der Waals surface area (Å²) in [5, 5.41) is 0. The van der Waals surface area contributed by atoms with Crippen LogP contribution in [0.4, 0.5) is 0 Å². The maximum atomic E-state index is 12.4. The number of carbonyl (C=O) groups is 1. The average Bonchev–Trinajstić information content (AvgIpc) is 2.77. The molecule has 7 heteroatoms. The number of hydrogen-bond acceptors (Lipinski definition) is 6. The molecule has 0 bridgehead atoms. The SMILES string of the molecule is COC(=O)Cc1ccc(S(=O)(=O)C[C@@H]2COC(C)(C)O2)cc1. The van der Waals surface area contributed by atoms with E-state index in [1.807, 2.05) is 0 Å². The maximum Gasteiger partial charge on any atom is 0.309 e. The first kappa shape index (κ1) is 16.9. The molecule has 1 aliphatic heterocycles. The number of sulfone groups is 1. The van der Waals surface area contributed by atoms with Crippen LogP contribution in [0.1, 0.15) is 19.4 Å². The normalized spacial score (nSPS) is 20.8. The molecule has 1 aromatic rings. The largest absolute Gasteiger partial charge is 0.469 e. The van der Waals surface area contributed by atoms with Crippen LogP contribution in [0, 0.1) is 0 Å². The van der Waals surface area contributed by atoms with Gasteiger partial charge in [-0.15, -0.1) is 0 Å². The van der Waals surface area contributed by atoms with Crippen LogP contribution in [0.5, 0.6) is 0 Å². The zero-order valence-corrected chi connectivity index (χ0v) is 13.7. The fourth-order valence-electron chi connectivity index (χ4n) is 2.24. The molecule has 1 saturated heterocycles. The minimum Gasteiger partial charge on any atom is -0.469 e. The number of esters is 1. The third-order valence-corrected chi connectivity index (χ3v) is 5.13. The van der Waals surface area contributed by atoms with E-state index in [-0.39, 0.29) is 29.6 Å². The Morgan fingerprint density at radius 2 is 1.95 bits per heavy atom. The summed E-state index contributed by atoms with van der Waals surface area (Å²) in [5.74, 6) is -1.24. The maximum absolute atomic E-state index is 12.4. The van der Waals surface area contributed by atoms with Crippen LogP contribution in [0.25, 0.3) is 0 Å². The van der Waals surface area contributed by atoms with Crippen molar-refractivity contribution >= 4 is 15.8 Å². The van der Waals surface area contributed by atoms with Crippen molar-refractivity contribution in [3.8, 4) is 0 Å². The summed E-state index contributed by atoms with van der Waals surface area (Å²) in [4.78, 5) is 11.4. The van der Waals surface area contributed by atoms with Gasteiger partial charge in [-0.3, -0.25) is 4.79 Å². The van der Waals surface area contributed by atoms with Gasteiger partial charge in [0.25, 0.3) is 0 Å². The van der Waals surface area contributed by atoms with Crippen molar-refractivity contribution in [3.63, 3.8) is 0 Å². The second kappa shape index (κ2) is 6.36. The van der Waals surface area contributed by atoms with Crippen molar-refractivity contribution in [2.75, 3.05) is 19.5 Å². The zero-order valence-electron chi connectivity index (χ0n) is 12.9. The fourth-order valence-corrected chi connectivity index (χ4v) is 3.64. The Labute approximate surface area is 130 Å². The van der Waals surface area contributed by atoms with Gasteiger partial charge in [-0.1, -0.05) is 12.1 Å². The van der Waals surface area contributed by atoms with Crippen LogP contribution in [0.3, 0.4) is 0 Å². The third-order valence-electron chi connectivity index (χ3n) is 3.33. The fraction of sp³-hybridized carbons (Fsp3) is 0.533. The molecule has 22 heavy (non-hydrogen) atoms. The van der Waals surface area contributed by atoms with Gasteiger partial charge in [0, 0.05) is 0 Å². The Bertz CT molecular complexity index is 633. The molecule has 0 saturated carbocycles. The summed E-state index contributed by atoms with van der Waals surface area (Å²) in [6.45, 7) is 3.76. The van der Waals surface area contributed by atoms with Gasteiger partial charge >= 0.3 is 5.97 Å². The van der Waals surface area contributed by atoms with Crippen LogP contribution < -0.4 is 0 Å². The molecule has 122 valence electrons. The Morgan fingerprint density at radius 3 is 2.45 bits per heavy atom. The molecule has 6 nitrogen and oxygen atoms in total. The topological polar surface area (TPSA) is 78.9 Å². The lowest BCUT2D eigenvalue weighted by Gasteiger charge is -2.17. The molecule has 0 aromatic heterocycles. The highest BCUT2D eigenvalue weighted by Gasteiger charge is 2.35. The van der Waals surface area contributed by atoms with E-state index in [0.29, 0.717) is 5.56 Å². The van der Waals surface area contributed by atoms with Crippen LogP contribution in [0.15, 0.2) is 29.2 Å². The molecule has 0 N–H and O–H groups in total. The quantitative estimate of drug-likeness (QED) is 0.759. The molecule has 0 spiro atoms. The zero-order chi connectivity index (χ0) is 16.4. The van der Waals surface area contributed by atoms with E-state index < -0.39 is 21.7 Å². The van der Waals surface area contributed by atoms with Gasteiger partial charge < -0.3 is 14.2 Å². The van der Waals surface area contributed by atoms with Crippen LogP contribution >= 0.6 is 0 Å². The van der Waals surface area contributed by atoms with E-state index >= 15 is 0 Å². The van der Waals surface area contributed by atoms with E-state index in [1.54, 1.807) is 26.0 Å². The second-order valence-electron chi connectivity index (χ2n) is 5.63. The Balaban J connectivity index is 2.05. The van der Waals surface area contributed by atoms with E-state index in [2.05, 4.69) is 4.74 Å². The lowest BCUT2D eigenvalue weighted by Crippen LogP contribution is -2.26. The van der Waals surface area contributed by atoms with Crippen molar-refractivity contribution in [2.24, 2.45) is 0 Å². The summed E-state index contributed by atoms with van der Waals surface area (Å²) in [7, 11) is -2.15. The predicted molar refractivity (Wildman–Crippen MR) is 79.1 cm³/mol. The summed E-state index contributed by atoms with van der Waals surface area (Å²) in [6, 6.07) is 6.21. The van der Waals surface area contributed by atoms with E-state index in [1.165, 1.54) is 19.2 Å². The molecule has 1 heterocycles. The van der Waals surface area contributed by atoms with Crippen LogP contribution in [-0.2, 0) is 35.3 Å². The number of ether oxygens (including phenoxy) is 3. The Morgan fingerprint density at radius 1 is 1.32 bits per heavy atom. The molecule has 1 aliphatic rings. The number of rotatable bonds is 5. The van der Waals surface area contributed by atoms with Gasteiger partial charge in [0.05, 0.1) is 36.9 Å². The van der Waals surface area contributed by atoms with Crippen molar-refractivity contribution in [3.05, 3.63) is 29.8 Å². The lowest BCUT2D eigenvalue weighted by molar-refractivity contribution is -0.139. The van der Waals surface area contributed by atoms with Crippen LogP contribution in [-0.4, -0.2) is 45.7 Å². The van der Waals surface area contributed by atoms with Gasteiger partial charge in [-0.25, -0.2) is 8.42 Å². The molecule has 2 rings (SSSR count). The van der Waals surface area contributed by atoms with Crippen molar-refractivity contribution < 1.29 is 27.4 Å². The third kappa shape index (κ3) is 4.28. The molecule has 1 atom stereocenters. The van der Waals surface area contributed by atoms with Crippen LogP contribution in [0.2, 0.25) is 0 Å². The van der Waals surface area contributed by atoms with E-state index in [4.69, 9.17) is 9.47 Å². The van der Waals surface area contributed by atoms with Gasteiger partial charge in [-0.2, -0.15) is 0 Å². The second-order valence-corrected chi connectivity index (χ2v) is 7.66. The van der Waals surface area contributed by atoms with Gasteiger partial charge in [0.15, 0.2) is 15.6 Å². The van der Waals surface area contributed by atoms with Crippen molar-refractivity contribution in [1.29, 1.82) is 0 Å². The highest BCUT2D eigenvalue weighted by Crippen LogP contribution is 2.25. The Kier molecular flexibility index (Phi) is 4.89. The highest BCUT2D eigenvalue weighted by atomic mass is 32.2. The predicted octanol–water partition coefficient (Wildman–Crippen LogP) is 1.33. The molecule has 0 unspecified atom stereocenters. The minimum absolute atomic E-state index is 0.116. The minimum atomic E-state index is -3.47. The summed E-state index contributed by atoms with van der Waals surface area (Å²) >= 11 is 0. The summed E-state index contributed by atoms with van der Waals surface area (Å²) < 4.78 is 40.2. The standard InChI is InChI=1S/C15H20O6S/c1-15(2)20-9-12(21-15)10-22(17,18)13-6-4-11(5-7-13)8-14(16)19-3/h4-7,12H,8-10H2,1-3H3/t12-/m0/s1.